The van der Waals surface area contributed by atoms with E-state index in [4.69, 9.17) is 21.1 Å². The second-order valence-electron chi connectivity index (χ2n) is 5.09. The average Bonchev–Trinajstić information content (AvgIpc) is 2.58. The Balaban J connectivity index is 1.70. The highest BCUT2D eigenvalue weighted by atomic mass is 79.9. The van der Waals surface area contributed by atoms with Gasteiger partial charge in [-0.25, -0.2) is 4.79 Å². The van der Waals surface area contributed by atoms with Gasteiger partial charge < -0.3 is 20.1 Å². The number of ether oxygens (including phenoxy) is 2. The lowest BCUT2D eigenvalue weighted by molar-refractivity contribution is 0.250. The van der Waals surface area contributed by atoms with E-state index >= 15 is 0 Å². The second kappa shape index (κ2) is 10.2. The zero-order valence-electron chi connectivity index (χ0n) is 13.9. The van der Waals surface area contributed by atoms with E-state index in [1.807, 2.05) is 31.2 Å². The Kier molecular flexibility index (Phi) is 7.88. The van der Waals surface area contributed by atoms with Gasteiger partial charge in [-0.15, -0.1) is 0 Å². The van der Waals surface area contributed by atoms with Gasteiger partial charge in [0.1, 0.15) is 11.5 Å². The molecule has 2 aromatic carbocycles. The van der Waals surface area contributed by atoms with E-state index in [0.717, 1.165) is 4.47 Å². The van der Waals surface area contributed by atoms with E-state index < -0.39 is 0 Å². The number of anilines is 1. The number of amides is 2. The van der Waals surface area contributed by atoms with Crippen LogP contribution in [0.4, 0.5) is 10.5 Å². The number of hydrogen-bond donors (Lipinski definition) is 2. The summed E-state index contributed by atoms with van der Waals surface area (Å²) in [5, 5.41) is 6.11. The van der Waals surface area contributed by atoms with E-state index in [1.54, 1.807) is 18.2 Å². The monoisotopic (exact) mass is 426 g/mol. The van der Waals surface area contributed by atoms with Gasteiger partial charge >= 0.3 is 6.03 Å². The molecule has 134 valence electrons. The van der Waals surface area contributed by atoms with Crippen LogP contribution in [-0.4, -0.2) is 25.8 Å². The van der Waals surface area contributed by atoms with Gasteiger partial charge in [0.15, 0.2) is 0 Å². The van der Waals surface area contributed by atoms with Gasteiger partial charge in [0.25, 0.3) is 0 Å². The van der Waals surface area contributed by atoms with Gasteiger partial charge in [0.2, 0.25) is 0 Å². The number of halogens is 2. The van der Waals surface area contributed by atoms with Gasteiger partial charge in [-0.1, -0.05) is 39.7 Å². The Morgan fingerprint density at radius 2 is 1.96 bits per heavy atom. The molecule has 25 heavy (non-hydrogen) atoms. The van der Waals surface area contributed by atoms with Gasteiger partial charge in [0, 0.05) is 11.0 Å². The molecule has 0 bridgehead atoms. The Hall–Kier alpha value is -1.92. The molecule has 0 heterocycles. The zero-order chi connectivity index (χ0) is 18.1. The molecule has 0 aromatic heterocycles. The molecule has 0 spiro atoms. The van der Waals surface area contributed by atoms with Crippen molar-refractivity contribution in [3.05, 3.63) is 52.0 Å². The van der Waals surface area contributed by atoms with Gasteiger partial charge in [-0.3, -0.25) is 0 Å². The Labute approximate surface area is 160 Å². The molecule has 2 rings (SSSR count). The van der Waals surface area contributed by atoms with Crippen LogP contribution < -0.4 is 20.1 Å². The van der Waals surface area contributed by atoms with Gasteiger partial charge in [-0.2, -0.15) is 0 Å². The third kappa shape index (κ3) is 6.48. The van der Waals surface area contributed by atoms with Crippen LogP contribution in [0.15, 0.2) is 46.9 Å². The van der Waals surface area contributed by atoms with Crippen molar-refractivity contribution >= 4 is 39.2 Å². The van der Waals surface area contributed by atoms with Crippen LogP contribution in [0.2, 0.25) is 5.02 Å². The summed E-state index contributed by atoms with van der Waals surface area (Å²) in [6, 6.07) is 12.5. The lowest BCUT2D eigenvalue weighted by Gasteiger charge is -2.12. The summed E-state index contributed by atoms with van der Waals surface area (Å²) < 4.78 is 12.0. The Morgan fingerprint density at radius 3 is 2.72 bits per heavy atom. The van der Waals surface area contributed by atoms with E-state index in [-0.39, 0.29) is 6.03 Å². The number of para-hydroxylation sites is 2. The predicted octanol–water partition coefficient (Wildman–Crippen LogP) is 5.09. The molecule has 0 unspecified atom stereocenters. The van der Waals surface area contributed by atoms with Gasteiger partial charge in [-0.05, 0) is 43.7 Å². The lowest BCUT2D eigenvalue weighted by atomic mass is 10.3. The normalized spacial score (nSPS) is 10.2. The maximum absolute atomic E-state index is 11.9. The molecule has 0 fully saturated rings. The van der Waals surface area contributed by atoms with Crippen molar-refractivity contribution in [2.45, 2.75) is 13.3 Å². The van der Waals surface area contributed by atoms with Crippen LogP contribution >= 0.6 is 27.5 Å². The summed E-state index contributed by atoms with van der Waals surface area (Å²) in [7, 11) is 0. The molecular weight excluding hydrogens is 408 g/mol. The standard InChI is InChI=1S/C18H20BrClN2O3/c1-2-24-17-7-4-3-6-15(17)22-18(23)21-10-5-11-25-16-9-8-13(19)12-14(16)20/h3-4,6-9,12H,2,5,10-11H2,1H3,(H2,21,22,23). The fourth-order valence-corrected chi connectivity index (χ4v) is 2.79. The fourth-order valence-electron chi connectivity index (χ4n) is 2.07. The third-order valence-corrected chi connectivity index (χ3v) is 3.98. The molecule has 0 atom stereocenters. The van der Waals surface area contributed by atoms with Gasteiger partial charge in [0.05, 0.1) is 23.9 Å². The number of hydrogen-bond acceptors (Lipinski definition) is 3. The number of nitrogens with one attached hydrogen (secondary N) is 2. The molecule has 7 heteroatoms. The molecule has 0 aliphatic rings. The molecule has 0 aliphatic carbocycles. The maximum atomic E-state index is 11.9. The highest BCUT2D eigenvalue weighted by Crippen LogP contribution is 2.27. The van der Waals surface area contributed by atoms with E-state index in [0.29, 0.717) is 48.4 Å². The number of carbonyl (C=O) groups is 1. The number of urea groups is 1. The average molecular weight is 428 g/mol. The van der Waals surface area contributed by atoms with E-state index in [1.165, 1.54) is 0 Å². The van der Waals surface area contributed by atoms with Crippen molar-refractivity contribution in [3.8, 4) is 11.5 Å². The highest BCUT2D eigenvalue weighted by molar-refractivity contribution is 9.10. The van der Waals surface area contributed by atoms with Crippen LogP contribution in [0.25, 0.3) is 0 Å². The number of carbonyl (C=O) groups excluding carboxylic acids is 1. The minimum atomic E-state index is -0.283. The van der Waals surface area contributed by atoms with Crippen LogP contribution in [-0.2, 0) is 0 Å². The predicted molar refractivity (Wildman–Crippen MR) is 104 cm³/mol. The lowest BCUT2D eigenvalue weighted by Crippen LogP contribution is -2.30. The van der Waals surface area contributed by atoms with Crippen LogP contribution in [0.3, 0.4) is 0 Å². The zero-order valence-corrected chi connectivity index (χ0v) is 16.2. The van der Waals surface area contributed by atoms with Crippen molar-refractivity contribution in [1.82, 2.24) is 5.32 Å². The summed E-state index contributed by atoms with van der Waals surface area (Å²) in [5.74, 6) is 1.27. The number of benzene rings is 2. The molecule has 0 saturated heterocycles. The van der Waals surface area contributed by atoms with Crippen LogP contribution in [0.1, 0.15) is 13.3 Å². The van der Waals surface area contributed by atoms with Crippen molar-refractivity contribution in [2.75, 3.05) is 25.1 Å². The summed E-state index contributed by atoms with van der Waals surface area (Å²) in [5.41, 5.74) is 0.639. The first-order valence-corrected chi connectivity index (χ1v) is 9.11. The maximum Gasteiger partial charge on any atom is 0.319 e. The summed E-state index contributed by atoms with van der Waals surface area (Å²) in [6.07, 6.45) is 0.660. The van der Waals surface area contributed by atoms with Crippen LogP contribution in [0.5, 0.6) is 11.5 Å². The third-order valence-electron chi connectivity index (χ3n) is 3.19. The summed E-state index contributed by atoms with van der Waals surface area (Å²) >= 11 is 9.42. The molecule has 2 amide bonds. The Morgan fingerprint density at radius 1 is 1.16 bits per heavy atom. The molecule has 0 aliphatic heterocycles. The minimum absolute atomic E-state index is 0.283. The molecule has 2 aromatic rings. The highest BCUT2D eigenvalue weighted by Gasteiger charge is 2.07. The summed E-state index contributed by atoms with van der Waals surface area (Å²) in [6.45, 7) is 3.37. The summed E-state index contributed by atoms with van der Waals surface area (Å²) in [4.78, 5) is 11.9. The van der Waals surface area contributed by atoms with Crippen molar-refractivity contribution < 1.29 is 14.3 Å². The smallest absolute Gasteiger partial charge is 0.319 e. The second-order valence-corrected chi connectivity index (χ2v) is 6.41. The van der Waals surface area contributed by atoms with E-state index in [2.05, 4.69) is 26.6 Å². The quantitative estimate of drug-likeness (QED) is 0.577. The first-order chi connectivity index (χ1) is 12.1. The largest absolute Gasteiger partial charge is 0.492 e. The van der Waals surface area contributed by atoms with E-state index in [9.17, 15) is 4.79 Å². The molecular formula is C18H20BrClN2O3. The first-order valence-electron chi connectivity index (χ1n) is 7.94. The first kappa shape index (κ1) is 19.4. The SMILES string of the molecule is CCOc1ccccc1NC(=O)NCCCOc1ccc(Br)cc1Cl. The minimum Gasteiger partial charge on any atom is -0.492 e. The van der Waals surface area contributed by atoms with Crippen LogP contribution in [0, 0.1) is 0 Å². The fraction of sp³-hybridized carbons (Fsp3) is 0.278. The number of rotatable bonds is 8. The van der Waals surface area contributed by atoms with Crippen molar-refractivity contribution in [3.63, 3.8) is 0 Å². The topological polar surface area (TPSA) is 59.6 Å². The molecule has 0 radical (unpaired) electrons. The molecule has 2 N–H and O–H groups in total. The molecule has 0 saturated carbocycles. The van der Waals surface area contributed by atoms with Crippen molar-refractivity contribution in [2.24, 2.45) is 0 Å². The van der Waals surface area contributed by atoms with Crippen molar-refractivity contribution in [1.29, 1.82) is 0 Å². The molecule has 5 nitrogen and oxygen atoms in total. The Bertz CT molecular complexity index is 712.